The number of carboxylic acid groups (broad SMARTS) is 1. The Balaban J connectivity index is 1.36. The van der Waals surface area contributed by atoms with Crippen molar-refractivity contribution in [3.8, 4) is 11.1 Å². The molecule has 1 aliphatic carbocycles. The Kier molecular flexibility index (Phi) is 5.71. The summed E-state index contributed by atoms with van der Waals surface area (Å²) < 4.78 is 5.47. The molecule has 0 heterocycles. The molecule has 0 bridgehead atoms. The number of amides is 1. The zero-order valence-electron chi connectivity index (χ0n) is 16.7. The van der Waals surface area contributed by atoms with E-state index in [4.69, 9.17) is 10.5 Å². The third kappa shape index (κ3) is 4.14. The molecule has 0 aromatic heterocycles. The van der Waals surface area contributed by atoms with Gasteiger partial charge in [0, 0.05) is 23.7 Å². The predicted octanol–water partition coefficient (Wildman–Crippen LogP) is 4.52. The van der Waals surface area contributed by atoms with Crippen molar-refractivity contribution in [3.05, 3.63) is 95.1 Å². The molecular weight excluding hydrogens is 392 g/mol. The number of anilines is 1. The van der Waals surface area contributed by atoms with E-state index in [1.54, 1.807) is 24.3 Å². The summed E-state index contributed by atoms with van der Waals surface area (Å²) in [5.41, 5.74) is 11.4. The number of hydrogen-bond donors (Lipinski definition) is 3. The maximum Gasteiger partial charge on any atom is 0.407 e. The van der Waals surface area contributed by atoms with E-state index in [9.17, 15) is 14.7 Å². The van der Waals surface area contributed by atoms with Gasteiger partial charge in [-0.05, 0) is 34.4 Å². The largest absolute Gasteiger partial charge is 0.478 e. The Morgan fingerprint density at radius 2 is 1.61 bits per heavy atom. The molecule has 0 saturated carbocycles. The lowest BCUT2D eigenvalue weighted by Gasteiger charge is -2.14. The fraction of sp³-hybridized carbons (Fsp3) is 0.120. The van der Waals surface area contributed by atoms with Gasteiger partial charge in [0.05, 0.1) is 5.56 Å². The molecule has 6 nitrogen and oxygen atoms in total. The number of rotatable bonds is 6. The van der Waals surface area contributed by atoms with E-state index in [1.165, 1.54) is 17.2 Å². The second kappa shape index (κ2) is 8.75. The average Bonchev–Trinajstić information content (AvgIpc) is 3.09. The van der Waals surface area contributed by atoms with Crippen molar-refractivity contribution in [2.75, 3.05) is 18.9 Å². The van der Waals surface area contributed by atoms with Crippen LogP contribution in [0.2, 0.25) is 0 Å². The third-order valence-corrected chi connectivity index (χ3v) is 5.36. The fourth-order valence-corrected chi connectivity index (χ4v) is 3.92. The number of carboxylic acids is 1. The summed E-state index contributed by atoms with van der Waals surface area (Å²) >= 11 is 0. The predicted molar refractivity (Wildman–Crippen MR) is 120 cm³/mol. The van der Waals surface area contributed by atoms with E-state index in [2.05, 4.69) is 29.6 Å². The maximum absolute atomic E-state index is 12.2. The molecule has 4 rings (SSSR count). The number of nitrogens with two attached hydrogens (primary N) is 1. The van der Waals surface area contributed by atoms with Crippen molar-refractivity contribution in [1.82, 2.24) is 5.32 Å². The third-order valence-electron chi connectivity index (χ3n) is 5.36. The van der Waals surface area contributed by atoms with Crippen LogP contribution in [0.5, 0.6) is 0 Å². The molecule has 1 amide bonds. The number of nitrogens with one attached hydrogen (secondary N) is 1. The minimum absolute atomic E-state index is 0.00376. The van der Waals surface area contributed by atoms with Gasteiger partial charge in [0.2, 0.25) is 0 Å². The molecule has 1 aliphatic rings. The maximum atomic E-state index is 12.2. The molecule has 156 valence electrons. The molecule has 0 spiro atoms. The van der Waals surface area contributed by atoms with Crippen LogP contribution >= 0.6 is 0 Å². The number of nitrogen functional groups attached to an aromatic ring is 1. The number of hydrogen-bond acceptors (Lipinski definition) is 4. The highest BCUT2D eigenvalue weighted by atomic mass is 16.5. The van der Waals surface area contributed by atoms with Gasteiger partial charge in [0.25, 0.3) is 0 Å². The Labute approximate surface area is 180 Å². The van der Waals surface area contributed by atoms with Gasteiger partial charge in [0.1, 0.15) is 6.61 Å². The fourth-order valence-electron chi connectivity index (χ4n) is 3.92. The number of aromatic carboxylic acids is 1. The van der Waals surface area contributed by atoms with E-state index >= 15 is 0 Å². The van der Waals surface area contributed by atoms with Gasteiger partial charge in [-0.25, -0.2) is 9.59 Å². The zero-order chi connectivity index (χ0) is 21.8. The Morgan fingerprint density at radius 1 is 0.968 bits per heavy atom. The van der Waals surface area contributed by atoms with Crippen molar-refractivity contribution in [2.24, 2.45) is 0 Å². The Morgan fingerprint density at radius 3 is 2.26 bits per heavy atom. The second-order valence-corrected chi connectivity index (χ2v) is 7.22. The molecule has 6 heteroatoms. The molecule has 31 heavy (non-hydrogen) atoms. The molecule has 0 fully saturated rings. The van der Waals surface area contributed by atoms with Gasteiger partial charge in [0.15, 0.2) is 0 Å². The molecule has 0 radical (unpaired) electrons. The van der Waals surface area contributed by atoms with E-state index < -0.39 is 12.1 Å². The van der Waals surface area contributed by atoms with Crippen LogP contribution in [0.4, 0.5) is 10.5 Å². The summed E-state index contributed by atoms with van der Waals surface area (Å²) in [4.78, 5) is 23.5. The molecule has 0 saturated heterocycles. The van der Waals surface area contributed by atoms with E-state index in [0.717, 1.165) is 11.1 Å². The highest BCUT2D eigenvalue weighted by Gasteiger charge is 2.28. The van der Waals surface area contributed by atoms with Crippen LogP contribution in [0.1, 0.15) is 33.0 Å². The summed E-state index contributed by atoms with van der Waals surface area (Å²) in [6.45, 7) is 0.419. The van der Waals surface area contributed by atoms with Crippen molar-refractivity contribution in [2.45, 2.75) is 5.92 Å². The molecule has 4 N–H and O–H groups in total. The summed E-state index contributed by atoms with van der Waals surface area (Å²) in [5, 5.41) is 11.9. The Hall–Kier alpha value is -4.06. The number of benzene rings is 3. The first-order valence-corrected chi connectivity index (χ1v) is 9.93. The van der Waals surface area contributed by atoms with E-state index in [0.29, 0.717) is 11.3 Å². The van der Waals surface area contributed by atoms with Gasteiger partial charge >= 0.3 is 12.1 Å². The number of carbonyl (C=O) groups is 2. The summed E-state index contributed by atoms with van der Waals surface area (Å²) in [5.74, 6) is -1.06. The molecule has 3 aromatic carbocycles. The lowest BCUT2D eigenvalue weighted by atomic mass is 9.98. The smallest absolute Gasteiger partial charge is 0.407 e. The summed E-state index contributed by atoms with van der Waals surface area (Å²) in [6, 6.07) is 21.0. The highest BCUT2D eigenvalue weighted by Crippen LogP contribution is 2.44. The van der Waals surface area contributed by atoms with Crippen LogP contribution in [0.25, 0.3) is 17.2 Å². The molecule has 0 unspecified atom stereocenters. The number of fused-ring (bicyclic) bond motifs is 3. The normalized spacial score (nSPS) is 12.4. The lowest BCUT2D eigenvalue weighted by Crippen LogP contribution is -2.26. The Bertz CT molecular complexity index is 1120. The first-order valence-electron chi connectivity index (χ1n) is 9.93. The second-order valence-electron chi connectivity index (χ2n) is 7.22. The molecular formula is C25H22N2O4. The van der Waals surface area contributed by atoms with Crippen LogP contribution in [0.15, 0.2) is 72.8 Å². The standard InChI is InChI=1S/C25H22N2O4/c26-23-13-5-11-21(24(28)29)20(23)12-6-14-27-25(30)31-15-22-18-9-3-1-7-16(18)17-8-2-4-10-19(17)22/h1-13,22H,14-15,26H2,(H,27,30)(H,28,29). The first-order chi connectivity index (χ1) is 15.1. The van der Waals surface area contributed by atoms with Crippen LogP contribution in [0, 0.1) is 0 Å². The first kappa shape index (κ1) is 20.2. The van der Waals surface area contributed by atoms with Gasteiger partial charge in [-0.1, -0.05) is 66.7 Å². The monoisotopic (exact) mass is 414 g/mol. The van der Waals surface area contributed by atoms with Gasteiger partial charge in [-0.15, -0.1) is 0 Å². The topological polar surface area (TPSA) is 102 Å². The molecule has 0 atom stereocenters. The van der Waals surface area contributed by atoms with Crippen molar-refractivity contribution < 1.29 is 19.4 Å². The van der Waals surface area contributed by atoms with Crippen molar-refractivity contribution in [1.29, 1.82) is 0 Å². The van der Waals surface area contributed by atoms with Gasteiger partial charge in [-0.3, -0.25) is 0 Å². The number of ether oxygens (including phenoxy) is 1. The van der Waals surface area contributed by atoms with Crippen molar-refractivity contribution >= 4 is 23.8 Å². The SMILES string of the molecule is Nc1cccc(C(=O)O)c1C=CCNC(=O)OCC1c2ccccc2-c2ccccc21. The molecule has 3 aromatic rings. The average molecular weight is 414 g/mol. The van der Waals surface area contributed by atoms with Crippen molar-refractivity contribution in [3.63, 3.8) is 0 Å². The van der Waals surface area contributed by atoms with Crippen LogP contribution < -0.4 is 11.1 Å². The minimum atomic E-state index is -1.06. The summed E-state index contributed by atoms with van der Waals surface area (Å²) in [6.07, 6.45) is 2.69. The molecule has 0 aliphatic heterocycles. The van der Waals surface area contributed by atoms with Gasteiger partial charge < -0.3 is 20.9 Å². The quantitative estimate of drug-likeness (QED) is 0.515. The lowest BCUT2D eigenvalue weighted by molar-refractivity contribution is 0.0696. The number of alkyl carbamates (subject to hydrolysis) is 1. The summed E-state index contributed by atoms with van der Waals surface area (Å²) in [7, 11) is 0. The van der Waals surface area contributed by atoms with E-state index in [1.807, 2.05) is 24.3 Å². The number of carbonyl (C=O) groups excluding carboxylic acids is 1. The zero-order valence-corrected chi connectivity index (χ0v) is 16.7. The van der Waals surface area contributed by atoms with Gasteiger partial charge in [-0.2, -0.15) is 0 Å². The van der Waals surface area contributed by atoms with Crippen LogP contribution in [-0.2, 0) is 4.74 Å². The minimum Gasteiger partial charge on any atom is -0.478 e. The van der Waals surface area contributed by atoms with Crippen LogP contribution in [0.3, 0.4) is 0 Å². The highest BCUT2D eigenvalue weighted by molar-refractivity contribution is 5.94. The van der Waals surface area contributed by atoms with Crippen LogP contribution in [-0.4, -0.2) is 30.3 Å². The van der Waals surface area contributed by atoms with E-state index in [-0.39, 0.29) is 24.6 Å².